The molecule has 3 aromatic rings. The maximum Gasteiger partial charge on any atom is 0.323 e. The summed E-state index contributed by atoms with van der Waals surface area (Å²) < 4.78 is 32.0. The van der Waals surface area contributed by atoms with E-state index in [9.17, 15) is 18.4 Å². The van der Waals surface area contributed by atoms with Gasteiger partial charge in [0.25, 0.3) is 5.91 Å². The fraction of sp³-hybridized carbons (Fsp3) is 0.208. The maximum absolute atomic E-state index is 13.4. The number of pyridine rings is 1. The van der Waals surface area contributed by atoms with Crippen LogP contribution < -0.4 is 20.3 Å². The Morgan fingerprint density at radius 3 is 2.26 bits per heavy atom. The highest BCUT2D eigenvalue weighted by Gasteiger charge is 2.23. The van der Waals surface area contributed by atoms with Crippen LogP contribution in [0.2, 0.25) is 0 Å². The number of methoxy groups -OCH3 is 1. The number of benzene rings is 2. The summed E-state index contributed by atoms with van der Waals surface area (Å²) in [5.74, 6) is -0.641. The quantitative estimate of drug-likeness (QED) is 0.593. The number of hydrogen-bond acceptors (Lipinski definition) is 5. The predicted molar refractivity (Wildman–Crippen MR) is 124 cm³/mol. The minimum atomic E-state index is -0.780. The van der Waals surface area contributed by atoms with Crippen molar-refractivity contribution in [1.29, 1.82) is 0 Å². The van der Waals surface area contributed by atoms with Crippen molar-refractivity contribution in [2.75, 3.05) is 48.8 Å². The number of hydrogen-bond donors (Lipinski definition) is 2. The number of amides is 3. The first-order chi connectivity index (χ1) is 16.4. The molecule has 0 atom stereocenters. The minimum absolute atomic E-state index is 0.00766. The largest absolute Gasteiger partial charge is 0.497 e. The fourth-order valence-electron chi connectivity index (χ4n) is 3.64. The molecule has 1 saturated heterocycles. The van der Waals surface area contributed by atoms with Gasteiger partial charge >= 0.3 is 6.03 Å². The van der Waals surface area contributed by atoms with E-state index in [0.717, 1.165) is 18.2 Å². The number of nitrogens with one attached hydrogen (secondary N) is 2. The van der Waals surface area contributed by atoms with E-state index in [2.05, 4.69) is 15.6 Å². The van der Waals surface area contributed by atoms with Crippen LogP contribution in [-0.4, -0.2) is 55.1 Å². The standard InChI is InChI=1S/C24H23F2N5O3/c1-34-21-4-2-3-19(14-21)28-24(33)29-20-5-6-22(27-15-20)30-7-9-31(10-8-30)23(32)16-11-17(25)13-18(26)12-16/h2-6,11-15H,7-10H2,1H3,(H2,28,29,33). The van der Waals surface area contributed by atoms with Crippen LogP contribution >= 0.6 is 0 Å². The summed E-state index contributed by atoms with van der Waals surface area (Å²) in [7, 11) is 1.55. The normalized spacial score (nSPS) is 13.4. The van der Waals surface area contributed by atoms with Crippen molar-refractivity contribution in [2.45, 2.75) is 0 Å². The highest BCUT2D eigenvalue weighted by Crippen LogP contribution is 2.19. The van der Waals surface area contributed by atoms with Gasteiger partial charge in [-0.1, -0.05) is 6.07 Å². The SMILES string of the molecule is COc1cccc(NC(=O)Nc2ccc(N3CCN(C(=O)c4cc(F)cc(F)c4)CC3)nc2)c1. The lowest BCUT2D eigenvalue weighted by Gasteiger charge is -2.35. The third-order valence-electron chi connectivity index (χ3n) is 5.33. The van der Waals surface area contributed by atoms with Crippen molar-refractivity contribution in [2.24, 2.45) is 0 Å². The molecule has 4 rings (SSSR count). The minimum Gasteiger partial charge on any atom is -0.497 e. The van der Waals surface area contributed by atoms with Gasteiger partial charge in [-0.25, -0.2) is 18.6 Å². The Morgan fingerprint density at radius 1 is 0.912 bits per heavy atom. The molecule has 2 N–H and O–H groups in total. The number of piperazine rings is 1. The number of halogens is 2. The zero-order valence-corrected chi connectivity index (χ0v) is 18.4. The van der Waals surface area contributed by atoms with E-state index >= 15 is 0 Å². The molecule has 0 saturated carbocycles. The summed E-state index contributed by atoms with van der Waals surface area (Å²) in [6.07, 6.45) is 1.55. The molecule has 2 aromatic carbocycles. The number of nitrogens with zero attached hydrogens (tertiary/aromatic N) is 3. The van der Waals surface area contributed by atoms with E-state index < -0.39 is 23.6 Å². The predicted octanol–water partition coefficient (Wildman–Crippen LogP) is 3.97. The van der Waals surface area contributed by atoms with E-state index in [1.807, 2.05) is 4.90 Å². The number of ether oxygens (including phenoxy) is 1. The molecule has 1 aliphatic rings. The van der Waals surface area contributed by atoms with Crippen molar-refractivity contribution in [3.05, 3.63) is 78.0 Å². The van der Waals surface area contributed by atoms with Crippen LogP contribution in [0.4, 0.5) is 30.8 Å². The van der Waals surface area contributed by atoms with E-state index in [4.69, 9.17) is 4.74 Å². The molecule has 8 nitrogen and oxygen atoms in total. The molecule has 1 aliphatic heterocycles. The number of anilines is 3. The van der Waals surface area contributed by atoms with Crippen molar-refractivity contribution in [3.8, 4) is 5.75 Å². The Morgan fingerprint density at radius 2 is 1.62 bits per heavy atom. The summed E-state index contributed by atoms with van der Waals surface area (Å²) >= 11 is 0. The van der Waals surface area contributed by atoms with Crippen LogP contribution in [0, 0.1) is 11.6 Å². The van der Waals surface area contributed by atoms with Crippen LogP contribution in [0.1, 0.15) is 10.4 Å². The van der Waals surface area contributed by atoms with Crippen LogP contribution in [0.25, 0.3) is 0 Å². The summed E-state index contributed by atoms with van der Waals surface area (Å²) in [5, 5.41) is 5.45. The third kappa shape index (κ3) is 5.58. The van der Waals surface area contributed by atoms with Gasteiger partial charge in [-0.2, -0.15) is 0 Å². The van der Waals surface area contributed by atoms with Crippen LogP contribution in [0.15, 0.2) is 60.8 Å². The Bertz CT molecular complexity index is 1160. The molecule has 34 heavy (non-hydrogen) atoms. The van der Waals surface area contributed by atoms with Crippen LogP contribution in [0.5, 0.6) is 5.75 Å². The van der Waals surface area contributed by atoms with Gasteiger partial charge in [0.15, 0.2) is 0 Å². The second kappa shape index (κ2) is 10.2. The monoisotopic (exact) mass is 467 g/mol. The molecule has 176 valence electrons. The third-order valence-corrected chi connectivity index (χ3v) is 5.33. The summed E-state index contributed by atoms with van der Waals surface area (Å²) in [6.45, 7) is 1.81. The molecular weight excluding hydrogens is 444 g/mol. The Balaban J connectivity index is 1.30. The Hall–Kier alpha value is -4.21. The second-order valence-corrected chi connectivity index (χ2v) is 7.65. The molecule has 0 aliphatic carbocycles. The smallest absolute Gasteiger partial charge is 0.323 e. The highest BCUT2D eigenvalue weighted by atomic mass is 19.1. The van der Waals surface area contributed by atoms with E-state index in [1.165, 1.54) is 0 Å². The zero-order valence-electron chi connectivity index (χ0n) is 18.4. The van der Waals surface area contributed by atoms with Crippen molar-refractivity contribution < 1.29 is 23.1 Å². The first-order valence-electron chi connectivity index (χ1n) is 10.6. The van der Waals surface area contributed by atoms with Gasteiger partial charge in [0.2, 0.25) is 0 Å². The van der Waals surface area contributed by atoms with Gasteiger partial charge in [0.1, 0.15) is 23.2 Å². The van der Waals surface area contributed by atoms with Gasteiger partial charge in [0.05, 0.1) is 19.0 Å². The Kier molecular flexibility index (Phi) is 6.86. The maximum atomic E-state index is 13.4. The number of carbonyl (C=O) groups excluding carboxylic acids is 2. The van der Waals surface area contributed by atoms with Gasteiger partial charge < -0.3 is 25.2 Å². The van der Waals surface area contributed by atoms with Crippen LogP contribution in [0.3, 0.4) is 0 Å². The lowest BCUT2D eigenvalue weighted by Crippen LogP contribution is -2.49. The summed E-state index contributed by atoms with van der Waals surface area (Å²) in [4.78, 5) is 32.8. The fourth-order valence-corrected chi connectivity index (χ4v) is 3.64. The van der Waals surface area contributed by atoms with Gasteiger partial charge in [-0.3, -0.25) is 4.79 Å². The molecule has 1 aromatic heterocycles. The molecule has 10 heteroatoms. The first kappa shape index (κ1) is 23.0. The van der Waals surface area contributed by atoms with Crippen molar-refractivity contribution >= 4 is 29.1 Å². The molecule has 3 amide bonds. The van der Waals surface area contributed by atoms with Gasteiger partial charge in [0, 0.05) is 49.6 Å². The van der Waals surface area contributed by atoms with E-state index in [-0.39, 0.29) is 5.56 Å². The molecule has 1 fully saturated rings. The van der Waals surface area contributed by atoms with E-state index in [1.54, 1.807) is 54.6 Å². The number of aromatic nitrogens is 1. The summed E-state index contributed by atoms with van der Waals surface area (Å²) in [5.41, 5.74) is 1.10. The van der Waals surface area contributed by atoms with E-state index in [0.29, 0.717) is 49.1 Å². The average molecular weight is 467 g/mol. The second-order valence-electron chi connectivity index (χ2n) is 7.65. The Labute approximate surface area is 195 Å². The highest BCUT2D eigenvalue weighted by molar-refractivity contribution is 5.99. The van der Waals surface area contributed by atoms with Gasteiger partial charge in [-0.05, 0) is 36.4 Å². The molecule has 0 bridgehead atoms. The van der Waals surface area contributed by atoms with Crippen molar-refractivity contribution in [1.82, 2.24) is 9.88 Å². The molecule has 0 spiro atoms. The topological polar surface area (TPSA) is 86.8 Å². The number of carbonyl (C=O) groups is 2. The lowest BCUT2D eigenvalue weighted by atomic mass is 10.1. The number of rotatable bonds is 5. The average Bonchev–Trinajstić information content (AvgIpc) is 2.83. The molecular formula is C24H23F2N5O3. The van der Waals surface area contributed by atoms with Crippen LogP contribution in [-0.2, 0) is 0 Å². The molecule has 2 heterocycles. The molecule has 0 radical (unpaired) electrons. The van der Waals surface area contributed by atoms with Crippen molar-refractivity contribution in [3.63, 3.8) is 0 Å². The zero-order chi connectivity index (χ0) is 24.1. The summed E-state index contributed by atoms with van der Waals surface area (Å²) in [6, 6.07) is 12.9. The molecule has 0 unspecified atom stereocenters. The first-order valence-corrected chi connectivity index (χ1v) is 10.6. The lowest BCUT2D eigenvalue weighted by molar-refractivity contribution is 0.0745. The van der Waals surface area contributed by atoms with Gasteiger partial charge in [-0.15, -0.1) is 0 Å². The number of urea groups is 1.